The van der Waals surface area contributed by atoms with Crippen LogP contribution in [0.2, 0.25) is 0 Å². The summed E-state index contributed by atoms with van der Waals surface area (Å²) in [6, 6.07) is 4.92. The zero-order valence-electron chi connectivity index (χ0n) is 11.0. The number of aryl methyl sites for hydroxylation is 2. The molecular formula is C13H14F2N4O. The van der Waals surface area contributed by atoms with Crippen LogP contribution in [0.15, 0.2) is 24.4 Å². The van der Waals surface area contributed by atoms with E-state index in [4.69, 9.17) is 5.73 Å². The molecule has 1 amide bonds. The number of nitrogens with zero attached hydrogens (tertiary/aromatic N) is 2. The Labute approximate surface area is 114 Å². The third kappa shape index (κ3) is 2.76. The molecule has 0 spiro atoms. The SMILES string of the molecule is Cc1cc(NC(=O)c2cn(C)nc2C(F)F)ccc1N. The Morgan fingerprint density at radius 3 is 2.75 bits per heavy atom. The van der Waals surface area contributed by atoms with Gasteiger partial charge >= 0.3 is 0 Å². The van der Waals surface area contributed by atoms with Crippen LogP contribution in [0.25, 0.3) is 0 Å². The minimum Gasteiger partial charge on any atom is -0.399 e. The molecule has 1 heterocycles. The van der Waals surface area contributed by atoms with Gasteiger partial charge in [0.15, 0.2) is 0 Å². The summed E-state index contributed by atoms with van der Waals surface area (Å²) in [5.74, 6) is -0.627. The number of anilines is 2. The van der Waals surface area contributed by atoms with Gasteiger partial charge in [-0.05, 0) is 30.7 Å². The molecule has 0 aliphatic heterocycles. The van der Waals surface area contributed by atoms with Gasteiger partial charge < -0.3 is 11.1 Å². The van der Waals surface area contributed by atoms with Gasteiger partial charge in [0.05, 0.1) is 5.56 Å². The lowest BCUT2D eigenvalue weighted by molar-refractivity contribution is 0.101. The van der Waals surface area contributed by atoms with E-state index >= 15 is 0 Å². The molecule has 0 aliphatic rings. The monoisotopic (exact) mass is 280 g/mol. The Bertz CT molecular complexity index is 652. The summed E-state index contributed by atoms with van der Waals surface area (Å²) in [4.78, 5) is 12.0. The van der Waals surface area contributed by atoms with Crippen LogP contribution < -0.4 is 11.1 Å². The quantitative estimate of drug-likeness (QED) is 0.848. The van der Waals surface area contributed by atoms with E-state index < -0.39 is 18.0 Å². The molecule has 20 heavy (non-hydrogen) atoms. The summed E-state index contributed by atoms with van der Waals surface area (Å²) in [6.45, 7) is 1.79. The van der Waals surface area contributed by atoms with Crippen LogP contribution in [0.1, 0.15) is 28.0 Å². The summed E-state index contributed by atoms with van der Waals surface area (Å²) < 4.78 is 26.8. The number of halogens is 2. The lowest BCUT2D eigenvalue weighted by Crippen LogP contribution is -2.13. The van der Waals surface area contributed by atoms with Crippen LogP contribution in [0, 0.1) is 6.92 Å². The Morgan fingerprint density at radius 2 is 2.15 bits per heavy atom. The van der Waals surface area contributed by atoms with Gasteiger partial charge in [0.1, 0.15) is 5.69 Å². The first-order chi connectivity index (χ1) is 9.38. The highest BCUT2D eigenvalue weighted by molar-refractivity contribution is 6.05. The molecule has 0 unspecified atom stereocenters. The molecule has 7 heteroatoms. The van der Waals surface area contributed by atoms with Crippen molar-refractivity contribution in [2.45, 2.75) is 13.3 Å². The summed E-state index contributed by atoms with van der Waals surface area (Å²) in [7, 11) is 1.48. The van der Waals surface area contributed by atoms with Crippen molar-refractivity contribution >= 4 is 17.3 Å². The maximum Gasteiger partial charge on any atom is 0.282 e. The van der Waals surface area contributed by atoms with Crippen LogP contribution in [-0.4, -0.2) is 15.7 Å². The topological polar surface area (TPSA) is 72.9 Å². The maximum absolute atomic E-state index is 12.8. The number of amides is 1. The van der Waals surface area contributed by atoms with Gasteiger partial charge in [-0.3, -0.25) is 9.48 Å². The average molecular weight is 280 g/mol. The molecule has 1 aromatic carbocycles. The van der Waals surface area contributed by atoms with Gasteiger partial charge in [-0.2, -0.15) is 5.10 Å². The lowest BCUT2D eigenvalue weighted by atomic mass is 10.1. The first-order valence-electron chi connectivity index (χ1n) is 5.87. The van der Waals surface area contributed by atoms with Crippen molar-refractivity contribution in [2.75, 3.05) is 11.1 Å². The van der Waals surface area contributed by atoms with E-state index in [0.717, 1.165) is 5.56 Å². The molecule has 3 N–H and O–H groups in total. The van der Waals surface area contributed by atoms with E-state index in [-0.39, 0.29) is 5.56 Å². The lowest BCUT2D eigenvalue weighted by Gasteiger charge is -2.07. The highest BCUT2D eigenvalue weighted by Gasteiger charge is 2.22. The second kappa shape index (κ2) is 5.28. The molecule has 0 bridgehead atoms. The molecule has 0 aliphatic carbocycles. The van der Waals surface area contributed by atoms with Gasteiger partial charge in [0, 0.05) is 24.6 Å². The number of alkyl halides is 2. The number of aromatic nitrogens is 2. The molecule has 2 rings (SSSR count). The van der Waals surface area contributed by atoms with Gasteiger partial charge in [-0.15, -0.1) is 0 Å². The summed E-state index contributed by atoms with van der Waals surface area (Å²) in [6.07, 6.45) is -1.54. The van der Waals surface area contributed by atoms with Gasteiger partial charge in [-0.1, -0.05) is 0 Å². The minimum absolute atomic E-state index is 0.142. The number of nitrogens with two attached hydrogens (primary N) is 1. The second-order valence-electron chi connectivity index (χ2n) is 4.43. The van der Waals surface area contributed by atoms with Crippen LogP contribution in [0.5, 0.6) is 0 Å². The standard InChI is InChI=1S/C13H14F2N4O/c1-7-5-8(3-4-10(7)16)17-13(20)9-6-19(2)18-11(9)12(14)15/h3-6,12H,16H2,1-2H3,(H,17,20). The average Bonchev–Trinajstić information content (AvgIpc) is 2.76. The Morgan fingerprint density at radius 1 is 1.45 bits per heavy atom. The number of nitrogen functional groups attached to an aromatic ring is 1. The van der Waals surface area contributed by atoms with E-state index in [1.54, 1.807) is 25.1 Å². The third-order valence-electron chi connectivity index (χ3n) is 2.84. The third-order valence-corrected chi connectivity index (χ3v) is 2.84. The van der Waals surface area contributed by atoms with Crippen molar-refractivity contribution < 1.29 is 13.6 Å². The number of carbonyl (C=O) groups is 1. The number of rotatable bonds is 3. The molecule has 0 fully saturated rings. The predicted octanol–water partition coefficient (Wildman–Crippen LogP) is 2.50. The van der Waals surface area contributed by atoms with E-state index in [1.807, 2.05) is 0 Å². The van der Waals surface area contributed by atoms with E-state index in [1.165, 1.54) is 17.9 Å². The number of hydrogen-bond acceptors (Lipinski definition) is 3. The molecule has 0 saturated heterocycles. The molecule has 1 aromatic heterocycles. The van der Waals surface area contributed by atoms with Crippen molar-refractivity contribution in [2.24, 2.45) is 7.05 Å². The Kier molecular flexibility index (Phi) is 3.69. The first kappa shape index (κ1) is 14.0. The van der Waals surface area contributed by atoms with Crippen molar-refractivity contribution in [1.29, 1.82) is 0 Å². The zero-order chi connectivity index (χ0) is 14.9. The number of carbonyl (C=O) groups excluding carboxylic acids is 1. The maximum atomic E-state index is 12.8. The molecule has 0 radical (unpaired) electrons. The van der Waals surface area contributed by atoms with E-state index in [2.05, 4.69) is 10.4 Å². The zero-order valence-corrected chi connectivity index (χ0v) is 11.0. The summed E-state index contributed by atoms with van der Waals surface area (Å²) in [5, 5.41) is 6.14. The fraction of sp³-hybridized carbons (Fsp3) is 0.231. The smallest absolute Gasteiger partial charge is 0.282 e. The molecule has 0 atom stereocenters. The largest absolute Gasteiger partial charge is 0.399 e. The van der Waals surface area contributed by atoms with Crippen LogP contribution in [0.3, 0.4) is 0 Å². The fourth-order valence-corrected chi connectivity index (χ4v) is 1.79. The minimum atomic E-state index is -2.80. The van der Waals surface area contributed by atoms with Crippen LogP contribution in [0.4, 0.5) is 20.2 Å². The van der Waals surface area contributed by atoms with Crippen molar-refractivity contribution in [3.05, 3.63) is 41.2 Å². The second-order valence-corrected chi connectivity index (χ2v) is 4.43. The molecule has 5 nitrogen and oxygen atoms in total. The number of hydrogen-bond donors (Lipinski definition) is 2. The summed E-state index contributed by atoms with van der Waals surface area (Å²) in [5.41, 5.74) is 6.88. The number of benzene rings is 1. The van der Waals surface area contributed by atoms with Gasteiger partial charge in [0.25, 0.3) is 12.3 Å². The highest BCUT2D eigenvalue weighted by Crippen LogP contribution is 2.23. The van der Waals surface area contributed by atoms with Crippen molar-refractivity contribution in [1.82, 2.24) is 9.78 Å². The molecule has 2 aromatic rings. The summed E-state index contributed by atoms with van der Waals surface area (Å²) >= 11 is 0. The van der Waals surface area contributed by atoms with Crippen molar-refractivity contribution in [3.8, 4) is 0 Å². The van der Waals surface area contributed by atoms with Gasteiger partial charge in [0.2, 0.25) is 0 Å². The molecule has 106 valence electrons. The first-order valence-corrected chi connectivity index (χ1v) is 5.87. The molecular weight excluding hydrogens is 266 g/mol. The normalized spacial score (nSPS) is 10.8. The molecule has 0 saturated carbocycles. The van der Waals surface area contributed by atoms with Crippen molar-refractivity contribution in [3.63, 3.8) is 0 Å². The fourth-order valence-electron chi connectivity index (χ4n) is 1.79. The van der Waals surface area contributed by atoms with E-state index in [0.29, 0.717) is 11.4 Å². The highest BCUT2D eigenvalue weighted by atomic mass is 19.3. The Hall–Kier alpha value is -2.44. The number of nitrogens with one attached hydrogen (secondary N) is 1. The Balaban J connectivity index is 2.26. The van der Waals surface area contributed by atoms with Crippen LogP contribution >= 0.6 is 0 Å². The van der Waals surface area contributed by atoms with Crippen LogP contribution in [-0.2, 0) is 7.05 Å². The predicted molar refractivity (Wildman–Crippen MR) is 71.7 cm³/mol. The van der Waals surface area contributed by atoms with E-state index in [9.17, 15) is 13.6 Å². The van der Waals surface area contributed by atoms with Gasteiger partial charge in [-0.25, -0.2) is 8.78 Å².